The molecule has 2 unspecified atom stereocenters. The van der Waals surface area contributed by atoms with Crippen LogP contribution in [0.4, 0.5) is 14.7 Å². The first-order valence-corrected chi connectivity index (χ1v) is 22.7. The van der Waals surface area contributed by atoms with Gasteiger partial charge in [0.25, 0.3) is 0 Å². The normalized spacial score (nSPS) is 23.1. The van der Waals surface area contributed by atoms with Crippen LogP contribution >= 0.6 is 11.3 Å². The van der Waals surface area contributed by atoms with Gasteiger partial charge in [-0.3, -0.25) is 10.1 Å². The van der Waals surface area contributed by atoms with Crippen molar-refractivity contribution >= 4 is 57.9 Å². The summed E-state index contributed by atoms with van der Waals surface area (Å²) in [6.07, 6.45) is -0.884. The first-order valence-electron chi connectivity index (χ1n) is 20.3. The molecule has 2 aromatic carbocycles. The van der Waals surface area contributed by atoms with E-state index in [4.69, 9.17) is 28.3 Å². The van der Waals surface area contributed by atoms with Crippen LogP contribution in [0.5, 0.6) is 5.75 Å². The lowest BCUT2D eigenvalue weighted by molar-refractivity contribution is -0.199. The molecule has 0 spiro atoms. The Labute approximate surface area is 367 Å². The molecule has 4 aliphatic rings. The van der Waals surface area contributed by atoms with Crippen LogP contribution in [0, 0.1) is 22.7 Å². The van der Waals surface area contributed by atoms with Crippen molar-refractivity contribution in [2.45, 2.75) is 111 Å². The van der Waals surface area contributed by atoms with Gasteiger partial charge >= 0.3 is 35.5 Å². The molecule has 4 fully saturated rings. The second-order valence-electron chi connectivity index (χ2n) is 18.7. The summed E-state index contributed by atoms with van der Waals surface area (Å²) in [5.74, 6) is -0.978. The molecule has 3 amide bonds. The highest BCUT2D eigenvalue weighted by Crippen LogP contribution is 2.66. The Kier molecular flexibility index (Phi) is 13.1. The quantitative estimate of drug-likeness (QED) is 0.0792. The van der Waals surface area contributed by atoms with Crippen molar-refractivity contribution in [1.29, 1.82) is 0 Å². The van der Waals surface area contributed by atoms with Crippen molar-refractivity contribution in [2.24, 2.45) is 22.7 Å². The summed E-state index contributed by atoms with van der Waals surface area (Å²) in [6, 6.07) is 13.6. The highest BCUT2D eigenvalue weighted by Gasteiger charge is 2.72. The Balaban J connectivity index is 1.35. The van der Waals surface area contributed by atoms with E-state index in [1.165, 1.54) is 12.5 Å². The molecule has 20 heteroatoms. The van der Waals surface area contributed by atoms with E-state index in [1.54, 1.807) is 94.8 Å². The summed E-state index contributed by atoms with van der Waals surface area (Å²) in [7, 11) is -4.66. The Hall–Kier alpha value is -4.76. The Morgan fingerprint density at radius 2 is 1.63 bits per heavy atom. The zero-order valence-corrected chi connectivity index (χ0v) is 38.3. The van der Waals surface area contributed by atoms with Gasteiger partial charge in [0.1, 0.15) is 41.6 Å². The minimum atomic E-state index is -4.86. The van der Waals surface area contributed by atoms with E-state index in [1.807, 2.05) is 13.0 Å². The third kappa shape index (κ3) is 9.88. The van der Waals surface area contributed by atoms with Gasteiger partial charge in [0, 0.05) is 5.38 Å². The van der Waals surface area contributed by atoms with Gasteiger partial charge in [-0.1, -0.05) is 77.1 Å². The van der Waals surface area contributed by atoms with Gasteiger partial charge in [0.15, 0.2) is 5.13 Å². The number of anilines is 1. The van der Waals surface area contributed by atoms with Gasteiger partial charge in [-0.15, -0.1) is 11.3 Å². The van der Waals surface area contributed by atoms with Crippen molar-refractivity contribution in [2.75, 3.05) is 19.0 Å². The summed E-state index contributed by atoms with van der Waals surface area (Å²) in [4.78, 5) is 58.7. The highest BCUT2D eigenvalue weighted by molar-refractivity contribution is 7.88. The van der Waals surface area contributed by atoms with Crippen LogP contribution in [0.15, 0.2) is 60.0 Å². The summed E-state index contributed by atoms with van der Waals surface area (Å²) < 4.78 is 67.0. The standard InChI is InChI=1S/C42H56BN5O12S2/c1-38(2,3)42(24-57-34(50)27-18-14-15-19-29(27)55-10,43-59-31-21-26-20-30(40(26,7)8)41(31,9)60-43)46-33(49)32(47-62(53,54)48-37(52)58-39(4,5)6)28-23-61-35(44-28)45-36(51)56-22-25-16-12-11-13-17-25/h11-19,23,26,30-32,47H,20-22,24H2,1-10H3,(H,46,49)(H,48,52)(H,44,45,51)/t26-,30+,31?,32?,41+,42+/m1/s1. The van der Waals surface area contributed by atoms with E-state index in [0.717, 1.165) is 23.3 Å². The number of nitrogens with one attached hydrogen (secondary N) is 4. The number of carbonyl (C=O) groups excluding carboxylic acids is 4. The van der Waals surface area contributed by atoms with Gasteiger partial charge in [-0.05, 0) is 80.9 Å². The number of aromatic nitrogens is 1. The number of hydrogen-bond acceptors (Lipinski definition) is 14. The van der Waals surface area contributed by atoms with Gasteiger partial charge in [0.05, 0.1) is 24.5 Å². The number of ether oxygens (including phenoxy) is 4. The Bertz CT molecular complexity index is 2260. The number of nitrogens with zero attached hydrogens (tertiary/aromatic N) is 1. The third-order valence-electron chi connectivity index (χ3n) is 12.2. The largest absolute Gasteiger partial charge is 0.496 e. The molecule has 3 saturated carbocycles. The van der Waals surface area contributed by atoms with E-state index in [9.17, 15) is 22.8 Å². The maximum Gasteiger partial charge on any atom is 0.489 e. The van der Waals surface area contributed by atoms with Crippen LogP contribution in [-0.2, 0) is 45.1 Å². The molecular formula is C42H56BN5O12S2. The molecule has 1 saturated heterocycles. The summed E-state index contributed by atoms with van der Waals surface area (Å²) in [5, 5.41) is 6.86. The van der Waals surface area contributed by atoms with E-state index in [0.29, 0.717) is 12.3 Å². The first kappa shape index (κ1) is 46.7. The molecule has 336 valence electrons. The number of esters is 1. The molecule has 6 atom stereocenters. The molecule has 62 heavy (non-hydrogen) atoms. The van der Waals surface area contributed by atoms with E-state index in [-0.39, 0.29) is 46.2 Å². The number of thiazole rings is 1. The van der Waals surface area contributed by atoms with E-state index < -0.39 is 76.1 Å². The fourth-order valence-electron chi connectivity index (χ4n) is 8.53. The van der Waals surface area contributed by atoms with Gasteiger partial charge < -0.3 is 33.6 Å². The fraction of sp³-hybridized carbons (Fsp3) is 0.548. The first-order chi connectivity index (χ1) is 28.9. The molecule has 4 N–H and O–H groups in total. The van der Waals surface area contributed by atoms with Crippen molar-refractivity contribution < 1.29 is 55.9 Å². The molecule has 2 heterocycles. The number of rotatable bonds is 14. The molecule has 3 aliphatic carbocycles. The average Bonchev–Trinajstić information content (AvgIpc) is 3.80. The highest BCUT2D eigenvalue weighted by atomic mass is 32.2. The number of hydrogen-bond donors (Lipinski definition) is 4. The minimum absolute atomic E-state index is 0.0240. The van der Waals surface area contributed by atoms with Crippen molar-refractivity contribution in [1.82, 2.24) is 19.7 Å². The molecule has 1 aromatic heterocycles. The van der Waals surface area contributed by atoms with Crippen LogP contribution in [0.3, 0.4) is 0 Å². The zero-order valence-electron chi connectivity index (χ0n) is 36.7. The number of benzene rings is 2. The molecule has 0 radical (unpaired) electrons. The molecule has 7 rings (SSSR count). The minimum Gasteiger partial charge on any atom is -0.496 e. The number of para-hydroxylation sites is 1. The SMILES string of the molecule is COc1ccccc1C(=O)OC[C@@](NC(=O)C(NS(=O)(=O)NC(=O)OC(C)(C)C)c1csc(NC(=O)OCc2ccccc2)n1)(B1OC2C[C@H]3C[C@@H](C3(C)C)[C@]2(C)O1)C(C)(C)C. The summed E-state index contributed by atoms with van der Waals surface area (Å²) in [6.45, 7) is 16.0. The molecule has 2 bridgehead atoms. The Morgan fingerprint density at radius 3 is 2.27 bits per heavy atom. The van der Waals surface area contributed by atoms with Crippen molar-refractivity contribution in [3.05, 3.63) is 76.8 Å². The van der Waals surface area contributed by atoms with Gasteiger partial charge in [-0.2, -0.15) is 13.1 Å². The van der Waals surface area contributed by atoms with Crippen molar-refractivity contribution in [3.8, 4) is 5.75 Å². The Morgan fingerprint density at radius 1 is 0.952 bits per heavy atom. The summed E-state index contributed by atoms with van der Waals surface area (Å²) >= 11 is 0.894. The van der Waals surface area contributed by atoms with Gasteiger partial charge in [-0.25, -0.2) is 24.1 Å². The second-order valence-corrected chi connectivity index (χ2v) is 21.0. The van der Waals surface area contributed by atoms with Crippen molar-refractivity contribution in [3.63, 3.8) is 0 Å². The van der Waals surface area contributed by atoms with Gasteiger partial charge in [0.2, 0.25) is 5.91 Å². The van der Waals surface area contributed by atoms with E-state index >= 15 is 4.79 Å². The topological polar surface area (TPSA) is 219 Å². The molecule has 3 aromatic rings. The molecule has 17 nitrogen and oxygen atoms in total. The van der Waals surface area contributed by atoms with Crippen LogP contribution in [0.25, 0.3) is 0 Å². The lowest BCUT2D eigenvalue weighted by Crippen LogP contribution is -2.71. The maximum atomic E-state index is 15.0. The monoisotopic (exact) mass is 897 g/mol. The third-order valence-corrected chi connectivity index (χ3v) is 13.9. The van der Waals surface area contributed by atoms with Crippen LogP contribution < -0.4 is 24.8 Å². The molecule has 1 aliphatic heterocycles. The number of methoxy groups -OCH3 is 1. The average molecular weight is 898 g/mol. The van der Waals surface area contributed by atoms with Crippen LogP contribution in [0.1, 0.15) is 103 Å². The van der Waals surface area contributed by atoms with Crippen LogP contribution in [0.2, 0.25) is 0 Å². The van der Waals surface area contributed by atoms with E-state index in [2.05, 4.69) is 34.2 Å². The lowest BCUT2D eigenvalue weighted by atomic mass is 9.43. The predicted molar refractivity (Wildman–Crippen MR) is 230 cm³/mol. The second kappa shape index (κ2) is 17.4. The lowest BCUT2D eigenvalue weighted by Gasteiger charge is -2.64. The number of amides is 3. The molecular weight excluding hydrogens is 841 g/mol. The predicted octanol–water partition coefficient (Wildman–Crippen LogP) is 6.33. The number of carbonyl (C=O) groups is 4. The van der Waals surface area contributed by atoms with Crippen LogP contribution in [-0.4, -0.2) is 81.0 Å². The smallest absolute Gasteiger partial charge is 0.489 e. The zero-order chi connectivity index (χ0) is 45.5. The maximum absolute atomic E-state index is 15.0. The summed E-state index contributed by atoms with van der Waals surface area (Å²) in [5.41, 5.74) is -3.91. The fourth-order valence-corrected chi connectivity index (χ4v) is 10.1.